The minimum absolute atomic E-state index is 0.274. The minimum atomic E-state index is 0.274. The van der Waals surface area contributed by atoms with Crippen LogP contribution in [0.2, 0.25) is 0 Å². The van der Waals surface area contributed by atoms with Crippen molar-refractivity contribution in [2.75, 3.05) is 17.4 Å². The summed E-state index contributed by atoms with van der Waals surface area (Å²) >= 11 is 0. The average Bonchev–Trinajstić information content (AvgIpc) is 3.10. The monoisotopic (exact) mass is 335 g/mol. The maximum absolute atomic E-state index is 5.39. The number of aromatic nitrogens is 3. The fourth-order valence-electron chi connectivity index (χ4n) is 2.45. The van der Waals surface area contributed by atoms with E-state index in [1.165, 1.54) is 5.56 Å². The maximum Gasteiger partial charge on any atom is 0.249 e. The summed E-state index contributed by atoms with van der Waals surface area (Å²) in [5.41, 5.74) is 3.18. The molecule has 0 saturated carbocycles. The lowest BCUT2D eigenvalue weighted by Gasteiger charge is -2.08. The van der Waals surface area contributed by atoms with Crippen molar-refractivity contribution in [2.45, 2.75) is 13.5 Å². The summed E-state index contributed by atoms with van der Waals surface area (Å²) in [6.45, 7) is 2.91. The fourth-order valence-corrected chi connectivity index (χ4v) is 2.45. The zero-order chi connectivity index (χ0) is 17.1. The van der Waals surface area contributed by atoms with Gasteiger partial charge in [-0.05, 0) is 36.8 Å². The molecule has 1 aromatic heterocycles. The van der Waals surface area contributed by atoms with Crippen molar-refractivity contribution in [2.24, 2.45) is 0 Å². The van der Waals surface area contributed by atoms with Crippen molar-refractivity contribution in [1.82, 2.24) is 15.2 Å². The van der Waals surface area contributed by atoms with Crippen molar-refractivity contribution in [3.05, 3.63) is 59.8 Å². The lowest BCUT2D eigenvalue weighted by Crippen LogP contribution is -2.05. The summed E-state index contributed by atoms with van der Waals surface area (Å²) in [5.74, 6) is 2.63. The quantitative estimate of drug-likeness (QED) is 0.740. The van der Waals surface area contributed by atoms with Crippen LogP contribution in [0.5, 0.6) is 11.5 Å². The van der Waals surface area contributed by atoms with Gasteiger partial charge >= 0.3 is 0 Å². The standard InChI is InChI=1S/C18H17N5O2/c1-12-2-5-14(6-3-12)21-18-22-17(10-20-23-18)19-9-13-4-7-15-16(8-13)25-11-24-15/h2-8,10H,9,11H2,1H3,(H2,19,21,22,23). The molecule has 0 unspecified atom stereocenters. The van der Waals surface area contributed by atoms with Crippen LogP contribution in [0.1, 0.15) is 11.1 Å². The molecule has 2 N–H and O–H groups in total. The zero-order valence-corrected chi connectivity index (χ0v) is 13.7. The van der Waals surface area contributed by atoms with Crippen molar-refractivity contribution < 1.29 is 9.47 Å². The number of nitrogens with zero attached hydrogens (tertiary/aromatic N) is 3. The average molecular weight is 335 g/mol. The summed E-state index contributed by atoms with van der Waals surface area (Å²) in [4.78, 5) is 4.43. The van der Waals surface area contributed by atoms with Crippen molar-refractivity contribution in [3.63, 3.8) is 0 Å². The first kappa shape index (κ1) is 15.2. The number of hydrogen-bond donors (Lipinski definition) is 2. The number of aryl methyl sites for hydroxylation is 1. The Bertz CT molecular complexity index is 883. The van der Waals surface area contributed by atoms with Crippen LogP contribution in [-0.4, -0.2) is 22.0 Å². The molecule has 0 atom stereocenters. The van der Waals surface area contributed by atoms with Gasteiger partial charge in [0.25, 0.3) is 0 Å². The molecule has 1 aliphatic rings. The Morgan fingerprint density at radius 1 is 1.04 bits per heavy atom. The Kier molecular flexibility index (Phi) is 4.04. The third-order valence-electron chi connectivity index (χ3n) is 3.78. The van der Waals surface area contributed by atoms with Gasteiger partial charge < -0.3 is 20.1 Å². The molecular formula is C18H17N5O2. The van der Waals surface area contributed by atoms with Crippen LogP contribution in [0.15, 0.2) is 48.7 Å². The third kappa shape index (κ3) is 3.60. The topological polar surface area (TPSA) is 81.2 Å². The highest BCUT2D eigenvalue weighted by molar-refractivity contribution is 5.54. The van der Waals surface area contributed by atoms with Gasteiger partial charge in [-0.3, -0.25) is 0 Å². The van der Waals surface area contributed by atoms with Crippen molar-refractivity contribution in [1.29, 1.82) is 0 Å². The number of ether oxygens (including phenoxy) is 2. The van der Waals surface area contributed by atoms with Gasteiger partial charge in [0.05, 0.1) is 6.20 Å². The molecule has 2 aromatic carbocycles. The molecule has 0 radical (unpaired) electrons. The maximum atomic E-state index is 5.39. The largest absolute Gasteiger partial charge is 0.454 e. The van der Waals surface area contributed by atoms with E-state index >= 15 is 0 Å². The Balaban J connectivity index is 1.42. The molecular weight excluding hydrogens is 318 g/mol. The zero-order valence-electron chi connectivity index (χ0n) is 13.7. The second-order valence-corrected chi connectivity index (χ2v) is 5.70. The van der Waals surface area contributed by atoms with Crippen LogP contribution < -0.4 is 20.1 Å². The Morgan fingerprint density at radius 2 is 1.88 bits per heavy atom. The van der Waals surface area contributed by atoms with E-state index in [4.69, 9.17) is 9.47 Å². The lowest BCUT2D eigenvalue weighted by atomic mass is 10.2. The molecule has 25 heavy (non-hydrogen) atoms. The first-order valence-electron chi connectivity index (χ1n) is 7.92. The highest BCUT2D eigenvalue weighted by Crippen LogP contribution is 2.32. The lowest BCUT2D eigenvalue weighted by molar-refractivity contribution is 0.174. The molecule has 4 rings (SSSR count). The van der Waals surface area contributed by atoms with Crippen LogP contribution in [0.4, 0.5) is 17.5 Å². The number of fused-ring (bicyclic) bond motifs is 1. The first-order valence-corrected chi connectivity index (χ1v) is 7.92. The Morgan fingerprint density at radius 3 is 2.76 bits per heavy atom. The molecule has 0 spiro atoms. The molecule has 0 amide bonds. The number of rotatable bonds is 5. The summed E-state index contributed by atoms with van der Waals surface area (Å²) in [7, 11) is 0. The van der Waals surface area contributed by atoms with E-state index in [9.17, 15) is 0 Å². The number of benzene rings is 2. The van der Waals surface area contributed by atoms with Crippen LogP contribution in [-0.2, 0) is 6.54 Å². The second-order valence-electron chi connectivity index (χ2n) is 5.70. The van der Waals surface area contributed by atoms with Crippen LogP contribution in [0.3, 0.4) is 0 Å². The van der Waals surface area contributed by atoms with Crippen molar-refractivity contribution >= 4 is 17.5 Å². The number of nitrogens with one attached hydrogen (secondary N) is 2. The summed E-state index contributed by atoms with van der Waals surface area (Å²) in [6.07, 6.45) is 1.59. The molecule has 7 nitrogen and oxygen atoms in total. The van der Waals surface area contributed by atoms with E-state index < -0.39 is 0 Å². The number of hydrogen-bond acceptors (Lipinski definition) is 7. The molecule has 0 aliphatic carbocycles. The summed E-state index contributed by atoms with van der Waals surface area (Å²) in [5, 5.41) is 14.4. The van der Waals surface area contributed by atoms with Gasteiger partial charge in [0.15, 0.2) is 17.3 Å². The van der Waals surface area contributed by atoms with Crippen LogP contribution in [0.25, 0.3) is 0 Å². The molecule has 3 aromatic rings. The van der Waals surface area contributed by atoms with E-state index in [-0.39, 0.29) is 6.79 Å². The van der Waals surface area contributed by atoms with Gasteiger partial charge in [0, 0.05) is 12.2 Å². The van der Waals surface area contributed by atoms with E-state index in [1.54, 1.807) is 6.20 Å². The van der Waals surface area contributed by atoms with Gasteiger partial charge in [-0.25, -0.2) is 0 Å². The van der Waals surface area contributed by atoms with Gasteiger partial charge in [0.1, 0.15) is 0 Å². The third-order valence-corrected chi connectivity index (χ3v) is 3.78. The van der Waals surface area contributed by atoms with E-state index in [1.807, 2.05) is 49.4 Å². The molecule has 1 aliphatic heterocycles. The molecule has 0 saturated heterocycles. The second kappa shape index (κ2) is 6.64. The predicted molar refractivity (Wildman–Crippen MR) is 94.2 cm³/mol. The van der Waals surface area contributed by atoms with E-state index in [2.05, 4.69) is 25.8 Å². The smallest absolute Gasteiger partial charge is 0.249 e. The van der Waals surface area contributed by atoms with E-state index in [0.717, 1.165) is 22.7 Å². The van der Waals surface area contributed by atoms with E-state index in [0.29, 0.717) is 18.3 Å². The molecule has 2 heterocycles. The summed E-state index contributed by atoms with van der Waals surface area (Å²) in [6, 6.07) is 13.9. The highest BCUT2D eigenvalue weighted by Gasteiger charge is 2.13. The van der Waals surface area contributed by atoms with Crippen LogP contribution >= 0.6 is 0 Å². The van der Waals surface area contributed by atoms with Crippen LogP contribution in [0, 0.1) is 6.92 Å². The predicted octanol–water partition coefficient (Wildman–Crippen LogP) is 3.26. The Hall–Kier alpha value is -3.35. The van der Waals surface area contributed by atoms with Gasteiger partial charge in [0.2, 0.25) is 12.7 Å². The van der Waals surface area contributed by atoms with Gasteiger partial charge in [-0.1, -0.05) is 23.8 Å². The van der Waals surface area contributed by atoms with Gasteiger partial charge in [-0.15, -0.1) is 5.10 Å². The molecule has 0 fully saturated rings. The number of anilines is 3. The molecule has 126 valence electrons. The SMILES string of the molecule is Cc1ccc(Nc2nncc(NCc3ccc4c(c3)OCO4)n2)cc1. The Labute approximate surface area is 145 Å². The summed E-state index contributed by atoms with van der Waals surface area (Å²) < 4.78 is 10.7. The molecule has 7 heteroatoms. The molecule has 0 bridgehead atoms. The first-order chi connectivity index (χ1) is 12.3. The highest BCUT2D eigenvalue weighted by atomic mass is 16.7. The normalized spacial score (nSPS) is 12.0. The van der Waals surface area contributed by atoms with Gasteiger partial charge in [-0.2, -0.15) is 10.1 Å². The van der Waals surface area contributed by atoms with Crippen molar-refractivity contribution in [3.8, 4) is 11.5 Å². The minimum Gasteiger partial charge on any atom is -0.454 e. The fraction of sp³-hybridized carbons (Fsp3) is 0.167.